The fraction of sp³-hybridized carbons (Fsp3) is 0.441. The average molecular weight is 589 g/mol. The lowest BCUT2D eigenvalue weighted by Gasteiger charge is -2.39. The smallest absolute Gasteiger partial charge is 0.310 e. The Labute approximate surface area is 252 Å². The third-order valence-corrected chi connectivity index (χ3v) is 10.8. The van der Waals surface area contributed by atoms with E-state index in [-0.39, 0.29) is 36.2 Å². The largest absolute Gasteiger partial charge is 0.465 e. The summed E-state index contributed by atoms with van der Waals surface area (Å²) in [7, 11) is 0. The van der Waals surface area contributed by atoms with Crippen molar-refractivity contribution in [3.63, 3.8) is 0 Å². The third-order valence-electron chi connectivity index (χ3n) is 8.84. The number of thioether (sulfide) groups is 1. The topological polar surface area (TPSA) is 87.2 Å². The van der Waals surface area contributed by atoms with Crippen molar-refractivity contribution in [2.75, 3.05) is 19.8 Å². The Morgan fingerprint density at radius 3 is 2.43 bits per heavy atom. The average Bonchev–Trinajstić information content (AvgIpc) is 3.66. The number of carbonyl (C=O) groups excluding carboxylic acids is 3. The molecule has 3 heterocycles. The van der Waals surface area contributed by atoms with E-state index in [9.17, 15) is 19.5 Å². The molecule has 0 saturated carbocycles. The van der Waals surface area contributed by atoms with Crippen molar-refractivity contribution in [2.24, 2.45) is 11.8 Å². The number of hydrogen-bond donors (Lipinski definition) is 1. The first-order valence-corrected chi connectivity index (χ1v) is 15.7. The fourth-order valence-corrected chi connectivity index (χ4v) is 9.22. The molecular formula is C34H40N2O5S. The molecule has 5 rings (SSSR count). The van der Waals surface area contributed by atoms with Crippen LogP contribution in [0.15, 0.2) is 86.0 Å². The molecule has 3 aliphatic heterocycles. The van der Waals surface area contributed by atoms with E-state index in [1.54, 1.807) is 33.7 Å². The van der Waals surface area contributed by atoms with Crippen LogP contribution in [-0.4, -0.2) is 74.5 Å². The van der Waals surface area contributed by atoms with E-state index in [0.717, 1.165) is 24.0 Å². The molecule has 1 N–H and O–H groups in total. The van der Waals surface area contributed by atoms with Crippen molar-refractivity contribution < 1.29 is 24.2 Å². The molecule has 3 saturated heterocycles. The highest BCUT2D eigenvalue weighted by Gasteiger charge is 2.74. The first-order valence-electron chi connectivity index (χ1n) is 14.8. The number of aliphatic hydroxyl groups is 1. The molecule has 6 atom stereocenters. The first-order chi connectivity index (χ1) is 20.4. The zero-order valence-electron chi connectivity index (χ0n) is 24.0. The molecule has 2 aromatic rings. The van der Waals surface area contributed by atoms with Crippen LogP contribution in [0.1, 0.15) is 36.8 Å². The molecule has 42 heavy (non-hydrogen) atoms. The van der Waals surface area contributed by atoms with E-state index in [2.05, 4.69) is 13.2 Å². The number of likely N-dealkylation sites (tertiary alicyclic amines) is 1. The number of esters is 1. The number of amides is 2. The van der Waals surface area contributed by atoms with Gasteiger partial charge in [0.1, 0.15) is 6.04 Å². The van der Waals surface area contributed by atoms with Crippen LogP contribution in [0.2, 0.25) is 0 Å². The number of aliphatic hydroxyl groups excluding tert-OH is 1. The molecule has 1 spiro atoms. The lowest BCUT2D eigenvalue weighted by Crippen LogP contribution is -2.57. The normalized spacial score (nSPS) is 26.5. The van der Waals surface area contributed by atoms with Gasteiger partial charge in [-0.25, -0.2) is 0 Å². The van der Waals surface area contributed by atoms with Gasteiger partial charge in [-0.15, -0.1) is 24.9 Å². The minimum absolute atomic E-state index is 0.0769. The molecule has 2 amide bonds. The van der Waals surface area contributed by atoms with Gasteiger partial charge < -0.3 is 19.6 Å². The van der Waals surface area contributed by atoms with E-state index < -0.39 is 28.7 Å². The fourth-order valence-electron chi connectivity index (χ4n) is 7.03. The van der Waals surface area contributed by atoms with E-state index >= 15 is 0 Å². The van der Waals surface area contributed by atoms with Crippen LogP contribution in [0.5, 0.6) is 0 Å². The number of carbonyl (C=O) groups is 3. The van der Waals surface area contributed by atoms with Gasteiger partial charge in [0.15, 0.2) is 0 Å². The molecule has 0 aromatic heterocycles. The van der Waals surface area contributed by atoms with E-state index in [1.807, 2.05) is 60.7 Å². The van der Waals surface area contributed by atoms with Crippen LogP contribution < -0.4 is 0 Å². The molecule has 2 unspecified atom stereocenters. The molecule has 3 aliphatic rings. The molecule has 7 nitrogen and oxygen atoms in total. The van der Waals surface area contributed by atoms with E-state index in [0.29, 0.717) is 32.4 Å². The maximum Gasteiger partial charge on any atom is 0.310 e. The van der Waals surface area contributed by atoms with Crippen molar-refractivity contribution in [1.29, 1.82) is 0 Å². The number of unbranched alkanes of at least 4 members (excludes halogenated alkanes) is 1. The van der Waals surface area contributed by atoms with Crippen LogP contribution in [0.25, 0.3) is 0 Å². The molecule has 0 radical (unpaired) electrons. The van der Waals surface area contributed by atoms with Crippen molar-refractivity contribution in [3.8, 4) is 0 Å². The maximum absolute atomic E-state index is 14.7. The maximum atomic E-state index is 14.7. The van der Waals surface area contributed by atoms with Gasteiger partial charge in [0.05, 0.1) is 35.8 Å². The molecule has 222 valence electrons. The Morgan fingerprint density at radius 2 is 1.79 bits per heavy atom. The minimum atomic E-state index is -0.812. The summed E-state index contributed by atoms with van der Waals surface area (Å²) in [6.45, 7) is 8.29. The highest BCUT2D eigenvalue weighted by atomic mass is 32.2. The number of rotatable bonds is 14. The number of allylic oxidation sites excluding steroid dienone is 1. The van der Waals surface area contributed by atoms with Crippen LogP contribution >= 0.6 is 11.8 Å². The Kier molecular flexibility index (Phi) is 9.53. The quantitative estimate of drug-likeness (QED) is 0.200. The highest BCUT2D eigenvalue weighted by Crippen LogP contribution is 2.67. The summed E-state index contributed by atoms with van der Waals surface area (Å²) in [6.07, 6.45) is 6.70. The molecule has 2 bridgehead atoms. The van der Waals surface area contributed by atoms with E-state index in [4.69, 9.17) is 4.74 Å². The van der Waals surface area contributed by atoms with Gasteiger partial charge in [0.2, 0.25) is 11.8 Å². The number of hydrogen-bond acceptors (Lipinski definition) is 6. The van der Waals surface area contributed by atoms with Gasteiger partial charge in [-0.05, 0) is 43.2 Å². The van der Waals surface area contributed by atoms with E-state index in [1.165, 1.54) is 0 Å². The molecular weight excluding hydrogens is 548 g/mol. The minimum Gasteiger partial charge on any atom is -0.465 e. The second kappa shape index (κ2) is 13.3. The second-order valence-electron chi connectivity index (χ2n) is 11.4. The number of fused-ring (bicyclic) bond motifs is 1. The zero-order chi connectivity index (χ0) is 29.7. The number of benzene rings is 2. The van der Waals surface area contributed by atoms with Crippen LogP contribution in [0.3, 0.4) is 0 Å². The first kappa shape index (κ1) is 30.1. The lowest BCUT2D eigenvalue weighted by molar-refractivity contribution is -0.154. The molecule has 2 aromatic carbocycles. The van der Waals surface area contributed by atoms with Gasteiger partial charge >= 0.3 is 5.97 Å². The van der Waals surface area contributed by atoms with Gasteiger partial charge in [0, 0.05) is 18.3 Å². The van der Waals surface area contributed by atoms with Crippen molar-refractivity contribution in [2.45, 2.75) is 60.7 Å². The van der Waals surface area contributed by atoms with Crippen LogP contribution in [0.4, 0.5) is 0 Å². The summed E-state index contributed by atoms with van der Waals surface area (Å²) in [4.78, 5) is 46.0. The summed E-state index contributed by atoms with van der Waals surface area (Å²) < 4.78 is 4.92. The number of ether oxygens (including phenoxy) is 1. The SMILES string of the molecule is C=CCCCOC(=O)[C@@H]1[C@@H]2CCC3(S2)C(C(=O)N(CC=C)Cc2ccccc2)N([C@@H](CO)Cc2ccccc2)C(=O)[C@H]13. The number of nitrogens with zero attached hydrogens (tertiary/aromatic N) is 2. The van der Waals surface area contributed by atoms with Gasteiger partial charge in [-0.1, -0.05) is 72.8 Å². The van der Waals surface area contributed by atoms with Crippen LogP contribution in [0, 0.1) is 11.8 Å². The Balaban J connectivity index is 1.51. The lowest BCUT2D eigenvalue weighted by atomic mass is 9.71. The summed E-state index contributed by atoms with van der Waals surface area (Å²) in [5.41, 5.74) is 1.94. The van der Waals surface area contributed by atoms with Gasteiger partial charge in [0.25, 0.3) is 0 Å². The van der Waals surface area contributed by atoms with Crippen molar-refractivity contribution in [1.82, 2.24) is 9.80 Å². The second-order valence-corrected chi connectivity index (χ2v) is 13.0. The summed E-state index contributed by atoms with van der Waals surface area (Å²) in [5, 5.41) is 10.6. The Morgan fingerprint density at radius 1 is 1.10 bits per heavy atom. The standard InChI is InChI=1S/C34H40N2O5S/c1-3-5-12-20-41-33(40)28-27-17-18-34(42-27)29(28)31(38)36(26(23-37)21-24-13-8-6-9-14-24)30(34)32(39)35(19-4-2)22-25-15-10-7-11-16-25/h3-4,6-11,13-16,26-30,37H,1-2,5,12,17-23H2/t26-,27+,28-,29+,30?,34?/m1/s1. The van der Waals surface area contributed by atoms with Gasteiger partial charge in [-0.3, -0.25) is 14.4 Å². The predicted molar refractivity (Wildman–Crippen MR) is 164 cm³/mol. The summed E-state index contributed by atoms with van der Waals surface area (Å²) >= 11 is 1.62. The Bertz CT molecular complexity index is 1290. The summed E-state index contributed by atoms with van der Waals surface area (Å²) in [5.74, 6) is -2.05. The Hall–Kier alpha value is -3.36. The highest BCUT2D eigenvalue weighted by molar-refractivity contribution is 8.02. The zero-order valence-corrected chi connectivity index (χ0v) is 24.8. The molecule has 8 heteroatoms. The predicted octanol–water partition coefficient (Wildman–Crippen LogP) is 4.41. The molecule has 0 aliphatic carbocycles. The summed E-state index contributed by atoms with van der Waals surface area (Å²) in [6, 6.07) is 18.0. The van der Waals surface area contributed by atoms with Gasteiger partial charge in [-0.2, -0.15) is 0 Å². The monoisotopic (exact) mass is 588 g/mol. The molecule has 3 fully saturated rings. The van der Waals surface area contributed by atoms with Crippen molar-refractivity contribution in [3.05, 3.63) is 97.1 Å². The third kappa shape index (κ3) is 5.66. The van der Waals surface area contributed by atoms with Crippen molar-refractivity contribution >= 4 is 29.5 Å². The van der Waals surface area contributed by atoms with Crippen LogP contribution in [-0.2, 0) is 32.1 Å².